The van der Waals surface area contributed by atoms with Crippen LogP contribution in [0.2, 0.25) is 10.0 Å². The van der Waals surface area contributed by atoms with E-state index >= 15 is 0 Å². The lowest BCUT2D eigenvalue weighted by Gasteiger charge is -2.40. The average Bonchev–Trinajstić information content (AvgIpc) is 3.27. The van der Waals surface area contributed by atoms with Crippen LogP contribution in [0.4, 0.5) is 5.69 Å². The van der Waals surface area contributed by atoms with E-state index in [0.29, 0.717) is 35.4 Å². The topological polar surface area (TPSA) is 54.2 Å². The van der Waals surface area contributed by atoms with Gasteiger partial charge in [0.1, 0.15) is 0 Å². The molecule has 0 bridgehead atoms. The molecule has 2 heterocycles. The van der Waals surface area contributed by atoms with Gasteiger partial charge in [-0.15, -0.1) is 10.2 Å². The van der Waals surface area contributed by atoms with Crippen molar-refractivity contribution in [3.8, 4) is 11.5 Å². The fraction of sp³-hybridized carbons (Fsp3) is 0.333. The molecule has 1 fully saturated rings. The normalized spacial score (nSPS) is 20.6. The Morgan fingerprint density at radius 3 is 2.55 bits per heavy atom. The molecule has 0 unspecified atom stereocenters. The predicted molar refractivity (Wildman–Crippen MR) is 125 cm³/mol. The fourth-order valence-corrected chi connectivity index (χ4v) is 4.82. The highest BCUT2D eigenvalue weighted by Gasteiger charge is 2.27. The number of aromatic nitrogens is 2. The van der Waals surface area contributed by atoms with Gasteiger partial charge in [0, 0.05) is 39.9 Å². The number of hydrogen-bond acceptors (Lipinski definition) is 5. The molecule has 31 heavy (non-hydrogen) atoms. The van der Waals surface area contributed by atoms with Gasteiger partial charge in [0.25, 0.3) is 0 Å². The molecule has 0 amide bonds. The van der Waals surface area contributed by atoms with Gasteiger partial charge in [-0.3, -0.25) is 0 Å². The van der Waals surface area contributed by atoms with Gasteiger partial charge in [0.15, 0.2) is 0 Å². The lowest BCUT2D eigenvalue weighted by Crippen LogP contribution is -2.43. The molecule has 5 nitrogen and oxygen atoms in total. The van der Waals surface area contributed by atoms with Crippen LogP contribution in [0.5, 0.6) is 0 Å². The second-order valence-electron chi connectivity index (χ2n) is 8.15. The largest absolute Gasteiger partial charge is 0.419 e. The van der Waals surface area contributed by atoms with E-state index in [4.69, 9.17) is 27.6 Å². The summed E-state index contributed by atoms with van der Waals surface area (Å²) in [5, 5.41) is 13.4. The van der Waals surface area contributed by atoms with Crippen molar-refractivity contribution in [3.05, 3.63) is 70.0 Å². The summed E-state index contributed by atoms with van der Waals surface area (Å²) in [6.45, 7) is 1.55. The summed E-state index contributed by atoms with van der Waals surface area (Å²) in [6.07, 6.45) is 8.99. The number of hydrogen-bond donors (Lipinski definition) is 1. The van der Waals surface area contributed by atoms with Crippen molar-refractivity contribution in [2.75, 3.05) is 11.4 Å². The third-order valence-corrected chi connectivity index (χ3v) is 6.62. The van der Waals surface area contributed by atoms with Crippen LogP contribution in [-0.2, 0) is 6.54 Å². The Hall–Kier alpha value is -2.34. The Kier molecular flexibility index (Phi) is 5.99. The summed E-state index contributed by atoms with van der Waals surface area (Å²) < 4.78 is 5.81. The van der Waals surface area contributed by atoms with Crippen molar-refractivity contribution in [2.45, 2.75) is 44.3 Å². The van der Waals surface area contributed by atoms with Crippen LogP contribution in [0, 0.1) is 0 Å². The first-order valence-corrected chi connectivity index (χ1v) is 11.5. The van der Waals surface area contributed by atoms with Gasteiger partial charge in [-0.05, 0) is 73.7 Å². The highest BCUT2D eigenvalue weighted by atomic mass is 35.5. The standard InChI is InChI=1S/C24H24Cl2N4O/c25-18-5-3-16(4-6-18)24-29-28-23(31-24)15-27-20-8-10-21(11-9-20)30-13-1-2-17-14-19(26)7-12-22(17)30/h1-7,12,14,20-21,27H,8-11,13,15H2/t20-,21-. The molecule has 0 spiro atoms. The minimum atomic E-state index is 0.465. The van der Waals surface area contributed by atoms with Crippen LogP contribution in [0.15, 0.2) is 53.0 Å². The summed E-state index contributed by atoms with van der Waals surface area (Å²) in [6, 6.07) is 14.6. The minimum absolute atomic E-state index is 0.465. The molecule has 1 aliphatic carbocycles. The van der Waals surface area contributed by atoms with Crippen molar-refractivity contribution in [1.82, 2.24) is 15.5 Å². The molecular formula is C24H24Cl2N4O. The summed E-state index contributed by atoms with van der Waals surface area (Å²) >= 11 is 12.1. The summed E-state index contributed by atoms with van der Waals surface area (Å²) in [7, 11) is 0. The molecule has 1 N–H and O–H groups in total. The van der Waals surface area contributed by atoms with Crippen LogP contribution in [0.3, 0.4) is 0 Å². The maximum atomic E-state index is 6.17. The molecule has 0 radical (unpaired) electrons. The van der Waals surface area contributed by atoms with Gasteiger partial charge in [-0.1, -0.05) is 35.4 Å². The van der Waals surface area contributed by atoms with Crippen molar-refractivity contribution in [3.63, 3.8) is 0 Å². The molecule has 7 heteroatoms. The second-order valence-corrected chi connectivity index (χ2v) is 9.02. The molecule has 160 valence electrons. The van der Waals surface area contributed by atoms with E-state index in [1.807, 2.05) is 30.3 Å². The number of nitrogens with one attached hydrogen (secondary N) is 1. The summed E-state index contributed by atoms with van der Waals surface area (Å²) in [4.78, 5) is 2.53. The molecule has 1 aliphatic heterocycles. The zero-order valence-corrected chi connectivity index (χ0v) is 18.6. The van der Waals surface area contributed by atoms with E-state index in [0.717, 1.165) is 42.8 Å². The Morgan fingerprint density at radius 1 is 0.968 bits per heavy atom. The van der Waals surface area contributed by atoms with Crippen LogP contribution >= 0.6 is 23.2 Å². The fourth-order valence-electron chi connectivity index (χ4n) is 4.52. The molecule has 2 aliphatic rings. The second kappa shape index (κ2) is 9.03. The number of benzene rings is 2. The van der Waals surface area contributed by atoms with Gasteiger partial charge in [-0.25, -0.2) is 0 Å². The Balaban J connectivity index is 1.15. The highest BCUT2D eigenvalue weighted by Crippen LogP contribution is 2.34. The quantitative estimate of drug-likeness (QED) is 0.513. The first-order chi connectivity index (χ1) is 15.2. The molecule has 3 aromatic rings. The maximum Gasteiger partial charge on any atom is 0.247 e. The molecule has 0 atom stereocenters. The van der Waals surface area contributed by atoms with E-state index < -0.39 is 0 Å². The Bertz CT molecular complexity index is 1070. The average molecular weight is 455 g/mol. The smallest absolute Gasteiger partial charge is 0.247 e. The molecule has 2 aromatic carbocycles. The third-order valence-electron chi connectivity index (χ3n) is 6.14. The molecule has 0 saturated heterocycles. The van der Waals surface area contributed by atoms with E-state index in [1.54, 1.807) is 0 Å². The van der Waals surface area contributed by atoms with Crippen LogP contribution in [0.25, 0.3) is 17.5 Å². The first kappa shape index (κ1) is 20.6. The highest BCUT2D eigenvalue weighted by molar-refractivity contribution is 6.31. The van der Waals surface area contributed by atoms with Crippen molar-refractivity contribution in [2.24, 2.45) is 0 Å². The zero-order valence-electron chi connectivity index (χ0n) is 17.1. The number of anilines is 1. The van der Waals surface area contributed by atoms with Crippen LogP contribution < -0.4 is 10.2 Å². The monoisotopic (exact) mass is 454 g/mol. The summed E-state index contributed by atoms with van der Waals surface area (Å²) in [5.74, 6) is 1.13. The molecular weight excluding hydrogens is 431 g/mol. The minimum Gasteiger partial charge on any atom is -0.419 e. The number of halogens is 2. The van der Waals surface area contributed by atoms with Crippen molar-refractivity contribution >= 4 is 35.0 Å². The van der Waals surface area contributed by atoms with E-state index in [9.17, 15) is 0 Å². The lowest BCUT2D eigenvalue weighted by molar-refractivity contribution is 0.322. The number of rotatable bonds is 5. The van der Waals surface area contributed by atoms with Crippen molar-refractivity contribution < 1.29 is 4.42 Å². The van der Waals surface area contributed by atoms with E-state index in [1.165, 1.54) is 11.3 Å². The molecule has 1 saturated carbocycles. The van der Waals surface area contributed by atoms with Gasteiger partial charge in [0.2, 0.25) is 11.8 Å². The van der Waals surface area contributed by atoms with Crippen LogP contribution in [-0.4, -0.2) is 28.8 Å². The van der Waals surface area contributed by atoms with Crippen molar-refractivity contribution in [1.29, 1.82) is 0 Å². The van der Waals surface area contributed by atoms with Crippen LogP contribution in [0.1, 0.15) is 37.1 Å². The van der Waals surface area contributed by atoms with Gasteiger partial charge in [0.05, 0.1) is 6.54 Å². The lowest BCUT2D eigenvalue weighted by atomic mass is 9.89. The zero-order chi connectivity index (χ0) is 21.2. The summed E-state index contributed by atoms with van der Waals surface area (Å²) in [5.41, 5.74) is 3.39. The Morgan fingerprint density at radius 2 is 1.74 bits per heavy atom. The van der Waals surface area contributed by atoms with E-state index in [-0.39, 0.29) is 0 Å². The molecule has 5 rings (SSSR count). The predicted octanol–water partition coefficient (Wildman–Crippen LogP) is 5.98. The number of nitrogens with zero attached hydrogens (tertiary/aromatic N) is 3. The van der Waals surface area contributed by atoms with E-state index in [2.05, 4.69) is 44.7 Å². The number of fused-ring (bicyclic) bond motifs is 1. The van der Waals surface area contributed by atoms with Gasteiger partial charge < -0.3 is 14.6 Å². The molecule has 1 aromatic heterocycles. The Labute approximate surface area is 192 Å². The third kappa shape index (κ3) is 4.64. The maximum absolute atomic E-state index is 6.17. The van der Waals surface area contributed by atoms with Gasteiger partial charge >= 0.3 is 0 Å². The SMILES string of the molecule is Clc1ccc(-c2nnc(CN[C@H]3CC[C@H](N4CC=Cc5cc(Cl)ccc54)CC3)o2)cc1. The van der Waals surface area contributed by atoms with Gasteiger partial charge in [-0.2, -0.15) is 0 Å². The first-order valence-electron chi connectivity index (χ1n) is 10.7.